The number of allylic oxidation sites excluding steroid dienone is 1. The van der Waals surface area contributed by atoms with Crippen molar-refractivity contribution in [3.63, 3.8) is 0 Å². The Morgan fingerprint density at radius 3 is 2.56 bits per heavy atom. The van der Waals surface area contributed by atoms with E-state index in [2.05, 4.69) is 4.98 Å². The number of phenols is 2. The summed E-state index contributed by atoms with van der Waals surface area (Å²) in [6.45, 7) is 0. The number of imidazole rings is 1. The van der Waals surface area contributed by atoms with E-state index in [1.165, 1.54) is 23.8 Å². The Balaban J connectivity index is 1.59. The first-order valence-corrected chi connectivity index (χ1v) is 9.75. The van der Waals surface area contributed by atoms with Crippen molar-refractivity contribution in [2.75, 3.05) is 7.11 Å². The van der Waals surface area contributed by atoms with Gasteiger partial charge in [-0.25, -0.2) is 4.79 Å². The number of rotatable bonds is 6. The average Bonchev–Trinajstić information content (AvgIpc) is 3.20. The van der Waals surface area contributed by atoms with Crippen LogP contribution in [-0.4, -0.2) is 32.7 Å². The number of ether oxygens (including phenoxy) is 1. The van der Waals surface area contributed by atoms with Crippen molar-refractivity contribution in [2.24, 2.45) is 0 Å². The molecule has 0 fully saturated rings. The second-order valence-electron chi connectivity index (χ2n) is 7.07. The fourth-order valence-corrected chi connectivity index (χ4v) is 3.25. The molecule has 0 aliphatic carbocycles. The van der Waals surface area contributed by atoms with Crippen LogP contribution in [0.15, 0.2) is 83.8 Å². The Morgan fingerprint density at radius 2 is 1.81 bits per heavy atom. The smallest absolute Gasteiger partial charge is 0.330 e. The number of methoxy groups -OCH3 is 1. The molecule has 3 N–H and O–H groups in total. The lowest BCUT2D eigenvalue weighted by Gasteiger charge is -2.04. The van der Waals surface area contributed by atoms with Crippen LogP contribution >= 0.6 is 0 Å². The third kappa shape index (κ3) is 4.32. The van der Waals surface area contributed by atoms with Crippen molar-refractivity contribution in [3.8, 4) is 34.2 Å². The highest BCUT2D eigenvalue weighted by molar-refractivity contribution is 6.07. The molecule has 0 spiro atoms. The van der Waals surface area contributed by atoms with E-state index in [0.717, 1.165) is 5.56 Å². The number of ketones is 1. The van der Waals surface area contributed by atoms with Crippen LogP contribution < -0.4 is 10.4 Å². The van der Waals surface area contributed by atoms with Crippen molar-refractivity contribution in [1.82, 2.24) is 9.55 Å². The highest BCUT2D eigenvalue weighted by Crippen LogP contribution is 2.27. The van der Waals surface area contributed by atoms with Crippen LogP contribution in [0.1, 0.15) is 15.9 Å². The lowest BCUT2D eigenvalue weighted by Crippen LogP contribution is -2.14. The van der Waals surface area contributed by atoms with E-state index in [4.69, 9.17) is 4.74 Å². The first-order chi connectivity index (χ1) is 15.4. The normalized spacial score (nSPS) is 11.0. The van der Waals surface area contributed by atoms with E-state index in [0.29, 0.717) is 28.3 Å². The molecule has 0 aliphatic rings. The molecular weight excluding hydrogens is 408 g/mol. The maximum atomic E-state index is 12.7. The van der Waals surface area contributed by atoms with E-state index < -0.39 is 0 Å². The molecule has 0 amide bonds. The minimum absolute atomic E-state index is 0.0206. The summed E-state index contributed by atoms with van der Waals surface area (Å²) in [5, 5.41) is 19.1. The number of nitrogens with one attached hydrogen (secondary N) is 1. The lowest BCUT2D eigenvalue weighted by molar-refractivity contribution is 0.104. The van der Waals surface area contributed by atoms with Gasteiger partial charge in [0.15, 0.2) is 17.3 Å². The summed E-state index contributed by atoms with van der Waals surface area (Å²) in [6, 6.07) is 18.0. The molecule has 0 unspecified atom stereocenters. The predicted octanol–water partition coefficient (Wildman–Crippen LogP) is 4.15. The molecule has 3 aromatic carbocycles. The lowest BCUT2D eigenvalue weighted by atomic mass is 10.1. The fourth-order valence-electron chi connectivity index (χ4n) is 3.25. The van der Waals surface area contributed by atoms with Gasteiger partial charge in [0.1, 0.15) is 5.75 Å². The number of benzene rings is 3. The third-order valence-corrected chi connectivity index (χ3v) is 4.94. The van der Waals surface area contributed by atoms with Crippen LogP contribution in [0.4, 0.5) is 0 Å². The number of carbonyl (C=O) groups excluding carboxylic acids is 1. The molecule has 0 aliphatic heterocycles. The molecule has 0 saturated heterocycles. The van der Waals surface area contributed by atoms with Gasteiger partial charge in [0.2, 0.25) is 0 Å². The molecule has 7 heteroatoms. The van der Waals surface area contributed by atoms with Gasteiger partial charge >= 0.3 is 5.69 Å². The highest BCUT2D eigenvalue weighted by Gasteiger charge is 2.10. The summed E-state index contributed by atoms with van der Waals surface area (Å²) in [5.74, 6) is 0.243. The Hall–Kier alpha value is -4.52. The zero-order chi connectivity index (χ0) is 22.7. The van der Waals surface area contributed by atoms with Crippen molar-refractivity contribution in [2.45, 2.75) is 0 Å². The van der Waals surface area contributed by atoms with Crippen molar-refractivity contribution >= 4 is 11.9 Å². The third-order valence-electron chi connectivity index (χ3n) is 4.94. The minimum Gasteiger partial charge on any atom is -0.508 e. The number of hydrogen-bond acceptors (Lipinski definition) is 5. The first kappa shape index (κ1) is 20.7. The molecular formula is C25H20N2O5. The second kappa shape index (κ2) is 8.69. The Labute approximate surface area is 183 Å². The largest absolute Gasteiger partial charge is 0.508 e. The van der Waals surface area contributed by atoms with Crippen LogP contribution in [-0.2, 0) is 0 Å². The summed E-state index contributed by atoms with van der Waals surface area (Å²) in [6.07, 6.45) is 4.70. The zero-order valence-corrected chi connectivity index (χ0v) is 17.1. The first-order valence-electron chi connectivity index (χ1n) is 9.75. The maximum Gasteiger partial charge on any atom is 0.330 e. The van der Waals surface area contributed by atoms with E-state index in [9.17, 15) is 19.8 Å². The summed E-state index contributed by atoms with van der Waals surface area (Å²) >= 11 is 0. The van der Waals surface area contributed by atoms with Gasteiger partial charge in [-0.2, -0.15) is 0 Å². The molecule has 1 heterocycles. The topological polar surface area (TPSA) is 105 Å². The Kier molecular flexibility index (Phi) is 5.63. The monoisotopic (exact) mass is 428 g/mol. The SMILES string of the molecule is COc1cc(C=CC(=O)c2cccc(-n3cc(-c4ccc(O)cc4)[nH]c3=O)c2)ccc1O. The van der Waals surface area contributed by atoms with Crippen LogP contribution in [0, 0.1) is 0 Å². The van der Waals surface area contributed by atoms with Crippen LogP contribution in [0.2, 0.25) is 0 Å². The maximum absolute atomic E-state index is 12.7. The van der Waals surface area contributed by atoms with Gasteiger partial charge in [0, 0.05) is 11.8 Å². The molecule has 0 radical (unpaired) electrons. The summed E-state index contributed by atoms with van der Waals surface area (Å²) < 4.78 is 6.50. The van der Waals surface area contributed by atoms with Gasteiger partial charge < -0.3 is 19.9 Å². The molecule has 1 aromatic heterocycles. The molecule has 4 rings (SSSR count). The minimum atomic E-state index is -0.343. The number of H-pyrrole nitrogens is 1. The fraction of sp³-hybridized carbons (Fsp3) is 0.0400. The Morgan fingerprint density at radius 1 is 1.03 bits per heavy atom. The zero-order valence-electron chi connectivity index (χ0n) is 17.1. The summed E-state index contributed by atoms with van der Waals surface area (Å²) in [4.78, 5) is 28.0. The summed E-state index contributed by atoms with van der Waals surface area (Å²) in [7, 11) is 1.45. The number of aromatic amines is 1. The van der Waals surface area contributed by atoms with E-state index in [1.54, 1.807) is 72.9 Å². The van der Waals surface area contributed by atoms with Crippen LogP contribution in [0.25, 0.3) is 23.0 Å². The van der Waals surface area contributed by atoms with Gasteiger partial charge in [-0.3, -0.25) is 9.36 Å². The van der Waals surface area contributed by atoms with Crippen molar-refractivity contribution < 1.29 is 19.7 Å². The van der Waals surface area contributed by atoms with Gasteiger partial charge in [0.05, 0.1) is 18.5 Å². The van der Waals surface area contributed by atoms with Gasteiger partial charge in [-0.15, -0.1) is 0 Å². The number of aromatic nitrogens is 2. The molecule has 0 atom stereocenters. The molecule has 4 aromatic rings. The van der Waals surface area contributed by atoms with Crippen LogP contribution in [0.3, 0.4) is 0 Å². The highest BCUT2D eigenvalue weighted by atomic mass is 16.5. The predicted molar refractivity (Wildman–Crippen MR) is 122 cm³/mol. The molecule has 0 bridgehead atoms. The number of carbonyl (C=O) groups is 1. The van der Waals surface area contributed by atoms with Crippen molar-refractivity contribution in [1.29, 1.82) is 0 Å². The number of nitrogens with zero attached hydrogens (tertiary/aromatic N) is 1. The van der Waals surface area contributed by atoms with Gasteiger partial charge in [-0.1, -0.05) is 24.3 Å². The van der Waals surface area contributed by atoms with E-state index in [-0.39, 0.29) is 23.0 Å². The van der Waals surface area contributed by atoms with Crippen LogP contribution in [0.5, 0.6) is 17.2 Å². The average molecular weight is 428 g/mol. The molecule has 160 valence electrons. The Bertz CT molecular complexity index is 1360. The molecule has 32 heavy (non-hydrogen) atoms. The van der Waals surface area contributed by atoms with Gasteiger partial charge in [0.25, 0.3) is 0 Å². The number of hydrogen-bond donors (Lipinski definition) is 3. The number of phenolic OH excluding ortho intramolecular Hbond substituents is 2. The van der Waals surface area contributed by atoms with Crippen molar-refractivity contribution in [3.05, 3.63) is 101 Å². The van der Waals surface area contributed by atoms with Gasteiger partial charge in [-0.05, 0) is 65.7 Å². The summed E-state index contributed by atoms with van der Waals surface area (Å²) in [5.41, 5.74) is 2.66. The molecule has 7 nitrogen and oxygen atoms in total. The molecule has 0 saturated carbocycles. The standard InChI is InChI=1S/C25H20N2O5/c1-32-24-13-16(6-12-23(24)30)5-11-22(29)18-3-2-4-19(14-18)27-15-21(26-25(27)31)17-7-9-20(28)10-8-17/h2-15,28,30H,1H3,(H,26,31). The van der Waals surface area contributed by atoms with E-state index in [1.807, 2.05) is 0 Å². The quantitative estimate of drug-likeness (QED) is 0.316. The second-order valence-corrected chi connectivity index (χ2v) is 7.07. The van der Waals surface area contributed by atoms with E-state index >= 15 is 0 Å². The number of aromatic hydroxyl groups is 2.